The first-order valence-electron chi connectivity index (χ1n) is 11.9. The molecule has 2 amide bonds. The summed E-state index contributed by atoms with van der Waals surface area (Å²) in [6.45, 7) is 0.142. The predicted molar refractivity (Wildman–Crippen MR) is 146 cm³/mol. The van der Waals surface area contributed by atoms with Crippen molar-refractivity contribution in [3.63, 3.8) is 0 Å². The van der Waals surface area contributed by atoms with Crippen molar-refractivity contribution in [3.8, 4) is 0 Å². The van der Waals surface area contributed by atoms with Gasteiger partial charge in [-0.05, 0) is 53.9 Å². The summed E-state index contributed by atoms with van der Waals surface area (Å²) in [5.74, 6) is -0.745. The van der Waals surface area contributed by atoms with Gasteiger partial charge in [-0.1, -0.05) is 54.6 Å². The van der Waals surface area contributed by atoms with Crippen LogP contribution in [0.25, 0.3) is 10.8 Å². The van der Waals surface area contributed by atoms with Crippen LogP contribution < -0.4 is 10.6 Å². The van der Waals surface area contributed by atoms with Gasteiger partial charge in [0, 0.05) is 29.9 Å². The van der Waals surface area contributed by atoms with Crippen LogP contribution in [0.2, 0.25) is 0 Å². The number of thiocarbonyl (C=S) groups is 1. The average molecular weight is 509 g/mol. The van der Waals surface area contributed by atoms with Crippen molar-refractivity contribution < 1.29 is 14.4 Å². The summed E-state index contributed by atoms with van der Waals surface area (Å²) in [5, 5.41) is 8.36. The number of rotatable bonds is 8. The maximum absolute atomic E-state index is 12.9. The van der Waals surface area contributed by atoms with Gasteiger partial charge in [-0.2, -0.15) is 0 Å². The van der Waals surface area contributed by atoms with Gasteiger partial charge in [0.25, 0.3) is 11.8 Å². The van der Waals surface area contributed by atoms with E-state index in [0.29, 0.717) is 23.1 Å². The van der Waals surface area contributed by atoms with E-state index in [2.05, 4.69) is 15.6 Å². The van der Waals surface area contributed by atoms with Crippen LogP contribution in [0, 0.1) is 0 Å². The number of carbonyl (C=O) groups is 3. The van der Waals surface area contributed by atoms with Gasteiger partial charge >= 0.3 is 0 Å². The number of pyridine rings is 1. The van der Waals surface area contributed by atoms with E-state index in [-0.39, 0.29) is 41.8 Å². The van der Waals surface area contributed by atoms with E-state index >= 15 is 0 Å². The fourth-order valence-electron chi connectivity index (χ4n) is 4.44. The van der Waals surface area contributed by atoms with E-state index in [9.17, 15) is 14.4 Å². The number of hydrogen-bond acceptors (Lipinski definition) is 5. The molecule has 1 aromatic heterocycles. The number of benzene rings is 3. The Morgan fingerprint density at radius 2 is 1.59 bits per heavy atom. The molecule has 0 spiro atoms. The normalized spacial score (nSPS) is 13.4. The highest BCUT2D eigenvalue weighted by Gasteiger charge is 2.36. The van der Waals surface area contributed by atoms with Gasteiger partial charge in [0.15, 0.2) is 10.9 Å². The Hall–Kier alpha value is -4.43. The molecule has 4 aromatic rings. The summed E-state index contributed by atoms with van der Waals surface area (Å²) < 4.78 is 0. The number of fused-ring (bicyclic) bond motifs is 2. The van der Waals surface area contributed by atoms with Crippen LogP contribution in [0.3, 0.4) is 0 Å². The van der Waals surface area contributed by atoms with Crippen LogP contribution in [0.1, 0.15) is 36.6 Å². The van der Waals surface area contributed by atoms with E-state index in [4.69, 9.17) is 12.2 Å². The summed E-state index contributed by atoms with van der Waals surface area (Å²) >= 11 is 5.49. The lowest BCUT2D eigenvalue weighted by atomic mass is 10.1. The number of amides is 2. The highest BCUT2D eigenvalue weighted by molar-refractivity contribution is 7.80. The molecule has 0 saturated carbocycles. The van der Waals surface area contributed by atoms with Crippen molar-refractivity contribution in [3.05, 3.63) is 114 Å². The molecule has 5 rings (SSSR count). The van der Waals surface area contributed by atoms with E-state index in [0.717, 1.165) is 16.3 Å². The zero-order valence-corrected chi connectivity index (χ0v) is 20.7. The second kappa shape index (κ2) is 10.7. The van der Waals surface area contributed by atoms with Gasteiger partial charge < -0.3 is 10.6 Å². The Bertz CT molecular complexity index is 1470. The average Bonchev–Trinajstić information content (AvgIpc) is 3.17. The number of carbonyl (C=O) groups excluding carboxylic acids is 3. The zero-order chi connectivity index (χ0) is 25.8. The standard InChI is InChI=1S/C29H24N4O3S/c34-26(21-10-11-22-16-30-13-12-20(22)15-21)17-31-29(37)32-23(14-19-6-2-1-3-7-19)18-33-27(35)24-8-4-5-9-25(24)28(33)36/h1-13,15-16,23H,14,17-18H2,(H2,31,32,37)/t23-/m0/s1. The molecule has 0 saturated heterocycles. The molecule has 2 N–H and O–H groups in total. The van der Waals surface area contributed by atoms with Crippen LogP contribution in [0.4, 0.5) is 0 Å². The van der Waals surface area contributed by atoms with E-state index < -0.39 is 0 Å². The SMILES string of the molecule is O=C(CNC(=S)N[C@@H](Cc1ccccc1)CN1C(=O)c2ccccc2C1=O)c1ccc2cnccc2c1. The van der Waals surface area contributed by atoms with Gasteiger partial charge in [0.1, 0.15) is 0 Å². The van der Waals surface area contributed by atoms with Crippen molar-refractivity contribution in [2.45, 2.75) is 12.5 Å². The molecule has 0 radical (unpaired) electrons. The molecule has 184 valence electrons. The lowest BCUT2D eigenvalue weighted by Gasteiger charge is -2.25. The highest BCUT2D eigenvalue weighted by Crippen LogP contribution is 2.23. The number of ketones is 1. The summed E-state index contributed by atoms with van der Waals surface area (Å²) in [5.41, 5.74) is 2.41. The number of aromatic nitrogens is 1. The van der Waals surface area contributed by atoms with E-state index in [1.165, 1.54) is 4.90 Å². The van der Waals surface area contributed by atoms with Gasteiger partial charge in [-0.25, -0.2) is 0 Å². The molecule has 3 aromatic carbocycles. The number of nitrogens with zero attached hydrogens (tertiary/aromatic N) is 2. The van der Waals surface area contributed by atoms with Crippen molar-refractivity contribution in [2.24, 2.45) is 0 Å². The molecule has 8 heteroatoms. The van der Waals surface area contributed by atoms with Gasteiger partial charge in [-0.15, -0.1) is 0 Å². The van der Waals surface area contributed by atoms with Crippen LogP contribution in [0.5, 0.6) is 0 Å². The van der Waals surface area contributed by atoms with Crippen molar-refractivity contribution >= 4 is 45.7 Å². The third kappa shape index (κ3) is 5.39. The minimum atomic E-state index is -0.354. The zero-order valence-electron chi connectivity index (χ0n) is 19.9. The van der Waals surface area contributed by atoms with Gasteiger partial charge in [0.2, 0.25) is 0 Å². The number of hydrogen-bond donors (Lipinski definition) is 2. The monoisotopic (exact) mass is 508 g/mol. The maximum Gasteiger partial charge on any atom is 0.261 e. The molecular formula is C29H24N4O3S. The second-order valence-electron chi connectivity index (χ2n) is 8.84. The summed E-state index contributed by atoms with van der Waals surface area (Å²) in [6, 6.07) is 23.5. The topological polar surface area (TPSA) is 91.4 Å². The number of nitrogens with one attached hydrogen (secondary N) is 2. The Kier molecular flexibility index (Phi) is 7.00. The first-order valence-corrected chi connectivity index (χ1v) is 12.3. The fraction of sp³-hybridized carbons (Fsp3) is 0.138. The molecule has 0 fully saturated rings. The smallest absolute Gasteiger partial charge is 0.261 e. The molecule has 1 aliphatic heterocycles. The largest absolute Gasteiger partial charge is 0.358 e. The summed E-state index contributed by atoms with van der Waals surface area (Å²) in [6.07, 6.45) is 3.97. The minimum Gasteiger partial charge on any atom is -0.358 e. The summed E-state index contributed by atoms with van der Waals surface area (Å²) in [7, 11) is 0. The fourth-order valence-corrected chi connectivity index (χ4v) is 4.68. The summed E-state index contributed by atoms with van der Waals surface area (Å²) in [4.78, 5) is 44.0. The van der Waals surface area contributed by atoms with E-state index in [1.54, 1.807) is 42.7 Å². The Morgan fingerprint density at radius 1 is 0.892 bits per heavy atom. The Morgan fingerprint density at radius 3 is 2.32 bits per heavy atom. The highest BCUT2D eigenvalue weighted by atomic mass is 32.1. The van der Waals surface area contributed by atoms with E-state index in [1.807, 2.05) is 48.5 Å². The molecule has 37 heavy (non-hydrogen) atoms. The van der Waals surface area contributed by atoms with Crippen molar-refractivity contribution in [2.75, 3.05) is 13.1 Å². The minimum absolute atomic E-state index is 0.00744. The maximum atomic E-state index is 12.9. The number of imide groups is 1. The third-order valence-electron chi connectivity index (χ3n) is 6.31. The van der Waals surface area contributed by atoms with Crippen LogP contribution in [0.15, 0.2) is 91.3 Å². The Balaban J connectivity index is 1.26. The first-order chi connectivity index (χ1) is 18.0. The lowest BCUT2D eigenvalue weighted by molar-refractivity contribution is 0.0641. The molecule has 0 bridgehead atoms. The van der Waals surface area contributed by atoms with Crippen LogP contribution in [-0.4, -0.2) is 51.7 Å². The number of Topliss-reactive ketones (excluding diaryl/α,β-unsaturated/α-hetero) is 1. The third-order valence-corrected chi connectivity index (χ3v) is 6.58. The quantitative estimate of drug-likeness (QED) is 0.213. The molecule has 1 atom stereocenters. The van der Waals surface area contributed by atoms with Crippen LogP contribution in [-0.2, 0) is 6.42 Å². The molecular weight excluding hydrogens is 484 g/mol. The van der Waals surface area contributed by atoms with Crippen molar-refractivity contribution in [1.82, 2.24) is 20.5 Å². The first kappa shape index (κ1) is 24.3. The van der Waals surface area contributed by atoms with Gasteiger partial charge in [-0.3, -0.25) is 24.3 Å². The molecule has 7 nitrogen and oxygen atoms in total. The van der Waals surface area contributed by atoms with Crippen LogP contribution >= 0.6 is 12.2 Å². The molecule has 0 unspecified atom stereocenters. The molecule has 0 aliphatic carbocycles. The predicted octanol–water partition coefficient (Wildman–Crippen LogP) is 3.79. The lowest BCUT2D eigenvalue weighted by Crippen LogP contribution is -2.50. The Labute approximate surface area is 219 Å². The van der Waals surface area contributed by atoms with Crippen molar-refractivity contribution in [1.29, 1.82) is 0 Å². The van der Waals surface area contributed by atoms with Gasteiger partial charge in [0.05, 0.1) is 23.7 Å². The second-order valence-corrected chi connectivity index (χ2v) is 9.25. The molecule has 2 heterocycles. The molecule has 1 aliphatic rings.